The van der Waals surface area contributed by atoms with Crippen molar-refractivity contribution in [3.05, 3.63) is 28.5 Å². The van der Waals surface area contributed by atoms with Crippen molar-refractivity contribution in [3.8, 4) is 0 Å². The molecule has 0 spiro atoms. The quantitative estimate of drug-likeness (QED) is 0.898. The molecule has 0 radical (unpaired) electrons. The van der Waals surface area contributed by atoms with Crippen molar-refractivity contribution >= 4 is 33.0 Å². The molecule has 1 atom stereocenters. The van der Waals surface area contributed by atoms with E-state index in [0.29, 0.717) is 24.0 Å². The lowest BCUT2D eigenvalue weighted by atomic mass is 10.1. The third-order valence-electron chi connectivity index (χ3n) is 3.73. The highest BCUT2D eigenvalue weighted by molar-refractivity contribution is 9.10. The van der Waals surface area contributed by atoms with Gasteiger partial charge in [0, 0.05) is 10.7 Å². The number of nitrogens with one attached hydrogen (secondary N) is 1. The molecule has 0 saturated heterocycles. The molecule has 0 aromatic carbocycles. The number of hydrogen-bond acceptors (Lipinski definition) is 3. The fourth-order valence-electron chi connectivity index (χ4n) is 2.26. The van der Waals surface area contributed by atoms with Crippen LogP contribution in [0.5, 0.6) is 0 Å². The van der Waals surface area contributed by atoms with E-state index >= 15 is 0 Å². The molecule has 5 nitrogen and oxygen atoms in total. The van der Waals surface area contributed by atoms with Crippen LogP contribution in [0.25, 0.3) is 5.52 Å². The van der Waals surface area contributed by atoms with Crippen LogP contribution in [0.4, 0.5) is 10.1 Å². The molecular weight excluding hydrogens is 327 g/mol. The average molecular weight is 341 g/mol. The summed E-state index contributed by atoms with van der Waals surface area (Å²) in [6.45, 7) is 1.77. The highest BCUT2D eigenvalue weighted by Crippen LogP contribution is 2.44. The highest BCUT2D eigenvalue weighted by Gasteiger charge is 2.48. The van der Waals surface area contributed by atoms with E-state index in [1.165, 1.54) is 6.20 Å². The van der Waals surface area contributed by atoms with Gasteiger partial charge >= 0.3 is 0 Å². The first kappa shape index (κ1) is 13.4. The van der Waals surface area contributed by atoms with Gasteiger partial charge in [0.25, 0.3) is 5.91 Å². The van der Waals surface area contributed by atoms with E-state index in [9.17, 15) is 9.18 Å². The van der Waals surface area contributed by atoms with Crippen LogP contribution in [0, 0.1) is 0 Å². The average Bonchev–Trinajstić information content (AvgIpc) is 3.00. The molecule has 0 unspecified atom stereocenters. The van der Waals surface area contributed by atoms with E-state index in [1.54, 1.807) is 17.6 Å². The lowest BCUT2D eigenvalue weighted by Crippen LogP contribution is -2.30. The van der Waals surface area contributed by atoms with Crippen molar-refractivity contribution in [2.45, 2.75) is 31.5 Å². The first-order chi connectivity index (χ1) is 9.40. The predicted molar refractivity (Wildman–Crippen MR) is 77.6 cm³/mol. The molecule has 3 rings (SSSR count). The van der Waals surface area contributed by atoms with Gasteiger partial charge in [-0.25, -0.2) is 8.91 Å². The number of hydrogen-bond donors (Lipinski definition) is 2. The van der Waals surface area contributed by atoms with E-state index in [1.807, 2.05) is 6.07 Å². The largest absolute Gasteiger partial charge is 0.377 e. The fourth-order valence-corrected chi connectivity index (χ4v) is 2.67. The molecule has 0 bridgehead atoms. The van der Waals surface area contributed by atoms with Crippen molar-refractivity contribution in [2.75, 3.05) is 5.32 Å². The van der Waals surface area contributed by atoms with Crippen LogP contribution in [0.1, 0.15) is 30.1 Å². The zero-order valence-corrected chi connectivity index (χ0v) is 12.4. The monoisotopic (exact) mass is 340 g/mol. The summed E-state index contributed by atoms with van der Waals surface area (Å²) in [4.78, 5) is 11.5. The number of alkyl halides is 1. The molecule has 2 aromatic heterocycles. The van der Waals surface area contributed by atoms with Crippen LogP contribution in [-0.4, -0.2) is 27.2 Å². The van der Waals surface area contributed by atoms with Crippen molar-refractivity contribution < 1.29 is 9.18 Å². The third kappa shape index (κ3) is 2.15. The summed E-state index contributed by atoms with van der Waals surface area (Å²) in [5.74, 6) is -0.587. The summed E-state index contributed by atoms with van der Waals surface area (Å²) in [5.41, 5.74) is 5.65. The Kier molecular flexibility index (Phi) is 2.97. The smallest absolute Gasteiger partial charge is 0.252 e. The van der Waals surface area contributed by atoms with E-state index < -0.39 is 11.6 Å². The van der Waals surface area contributed by atoms with E-state index in [-0.39, 0.29) is 11.6 Å². The van der Waals surface area contributed by atoms with E-state index in [4.69, 9.17) is 5.73 Å². The molecule has 2 heterocycles. The summed E-state index contributed by atoms with van der Waals surface area (Å²) < 4.78 is 16.5. The number of amides is 1. The normalized spacial score (nSPS) is 17.9. The fraction of sp³-hybridized carbons (Fsp3) is 0.385. The molecule has 0 aliphatic heterocycles. The molecule has 7 heteroatoms. The highest BCUT2D eigenvalue weighted by atomic mass is 79.9. The lowest BCUT2D eigenvalue weighted by Gasteiger charge is -2.20. The minimum atomic E-state index is -1.20. The van der Waals surface area contributed by atoms with Crippen LogP contribution in [0.3, 0.4) is 0 Å². The molecule has 3 N–H and O–H groups in total. The minimum Gasteiger partial charge on any atom is -0.377 e. The number of nitrogens with two attached hydrogens (primary N) is 1. The Morgan fingerprint density at radius 2 is 2.35 bits per heavy atom. The number of anilines is 1. The first-order valence-electron chi connectivity index (χ1n) is 6.33. The number of carbonyl (C=O) groups excluding carboxylic acids is 1. The van der Waals surface area contributed by atoms with Crippen molar-refractivity contribution in [1.29, 1.82) is 0 Å². The van der Waals surface area contributed by atoms with Gasteiger partial charge in [0.2, 0.25) is 0 Å². The van der Waals surface area contributed by atoms with Gasteiger partial charge in [0.1, 0.15) is 5.67 Å². The SMILES string of the molecule is C[C@@H](Nc1c(C(N)=O)cnn2cc(Br)cc12)C1(F)CC1. The zero-order valence-electron chi connectivity index (χ0n) is 10.9. The predicted octanol–water partition coefficient (Wildman–Crippen LogP) is 2.50. The molecule has 1 saturated carbocycles. The van der Waals surface area contributed by atoms with Crippen LogP contribution in [-0.2, 0) is 0 Å². The van der Waals surface area contributed by atoms with Crippen LogP contribution in [0.15, 0.2) is 22.9 Å². The lowest BCUT2D eigenvalue weighted by molar-refractivity contribution is 0.100. The van der Waals surface area contributed by atoms with Crippen molar-refractivity contribution in [3.63, 3.8) is 0 Å². The summed E-state index contributed by atoms with van der Waals surface area (Å²) in [7, 11) is 0. The Bertz CT molecular complexity index is 695. The third-order valence-corrected chi connectivity index (χ3v) is 4.17. The Labute approximate surface area is 123 Å². The summed E-state index contributed by atoms with van der Waals surface area (Å²) in [6.07, 6.45) is 4.24. The molecule has 2 aromatic rings. The number of fused-ring (bicyclic) bond motifs is 1. The van der Waals surface area contributed by atoms with Gasteiger partial charge in [0.05, 0.1) is 29.0 Å². The standard InChI is InChI=1S/C13H14BrFN4O/c1-7(13(15)2-3-13)18-11-9(12(16)20)5-17-19-6-8(14)4-10(11)19/h4-7,18H,2-3H2,1H3,(H2,16,20)/t7-/m1/s1. The second-order valence-corrected chi connectivity index (χ2v) is 6.10. The maximum absolute atomic E-state index is 14.1. The molecule has 1 aliphatic carbocycles. The molecule has 1 fully saturated rings. The van der Waals surface area contributed by atoms with E-state index in [0.717, 1.165) is 4.47 Å². The molecule has 106 valence electrons. The number of nitrogens with zero attached hydrogens (tertiary/aromatic N) is 2. The van der Waals surface area contributed by atoms with Gasteiger partial charge in [-0.3, -0.25) is 4.79 Å². The first-order valence-corrected chi connectivity index (χ1v) is 7.12. The summed E-state index contributed by atoms with van der Waals surface area (Å²) >= 11 is 3.36. The van der Waals surface area contributed by atoms with Gasteiger partial charge in [-0.15, -0.1) is 0 Å². The number of primary amides is 1. The Morgan fingerprint density at radius 3 is 2.95 bits per heavy atom. The topological polar surface area (TPSA) is 72.4 Å². The Morgan fingerprint density at radius 1 is 1.65 bits per heavy atom. The maximum atomic E-state index is 14.1. The van der Waals surface area contributed by atoms with Crippen LogP contribution < -0.4 is 11.1 Å². The van der Waals surface area contributed by atoms with Crippen molar-refractivity contribution in [2.24, 2.45) is 5.73 Å². The van der Waals surface area contributed by atoms with Gasteiger partial charge in [-0.05, 0) is 41.8 Å². The molecule has 20 heavy (non-hydrogen) atoms. The van der Waals surface area contributed by atoms with Gasteiger partial charge in [-0.2, -0.15) is 5.10 Å². The second-order valence-electron chi connectivity index (χ2n) is 5.19. The maximum Gasteiger partial charge on any atom is 0.252 e. The number of aromatic nitrogens is 2. The Balaban J connectivity index is 2.09. The summed E-state index contributed by atoms with van der Waals surface area (Å²) in [6, 6.07) is 1.42. The van der Waals surface area contributed by atoms with Gasteiger partial charge in [-0.1, -0.05) is 0 Å². The van der Waals surface area contributed by atoms with Crippen molar-refractivity contribution in [1.82, 2.24) is 9.61 Å². The number of halogens is 2. The summed E-state index contributed by atoms with van der Waals surface area (Å²) in [5, 5.41) is 7.21. The second kappa shape index (κ2) is 4.44. The minimum absolute atomic E-state index is 0.263. The van der Waals surface area contributed by atoms with Gasteiger partial charge in [0.15, 0.2) is 0 Å². The van der Waals surface area contributed by atoms with Crippen LogP contribution in [0.2, 0.25) is 0 Å². The molecular formula is C13H14BrFN4O. The number of rotatable bonds is 4. The number of carbonyl (C=O) groups is 1. The molecule has 1 amide bonds. The zero-order chi connectivity index (χ0) is 14.5. The Hall–Kier alpha value is -1.63. The van der Waals surface area contributed by atoms with Crippen LogP contribution >= 0.6 is 15.9 Å². The van der Waals surface area contributed by atoms with Gasteiger partial charge < -0.3 is 11.1 Å². The van der Waals surface area contributed by atoms with E-state index in [2.05, 4.69) is 26.3 Å². The molecule has 1 aliphatic rings.